The molecule has 0 aromatic carbocycles. The van der Waals surface area contributed by atoms with E-state index in [1.807, 2.05) is 0 Å². The van der Waals surface area contributed by atoms with Crippen LogP contribution in [0, 0.1) is 0 Å². The number of alkyl halides is 1. The van der Waals surface area contributed by atoms with Gasteiger partial charge in [0, 0.05) is 13.3 Å². The smallest absolute Gasteiger partial charge is 0.237 e. The van der Waals surface area contributed by atoms with Gasteiger partial charge in [-0.1, -0.05) is 15.9 Å². The summed E-state index contributed by atoms with van der Waals surface area (Å²) in [6.45, 7) is 3.05. The second-order valence-corrected chi connectivity index (χ2v) is 4.46. The van der Waals surface area contributed by atoms with E-state index in [1.165, 1.54) is 0 Å². The fraction of sp³-hybridized carbons (Fsp3) is 0.556. The number of ether oxygens (including phenoxy) is 1. The van der Waals surface area contributed by atoms with E-state index in [0.29, 0.717) is 18.8 Å². The standard InChI is InChI=1S/C9H14BrN3O2/c1-7(10)9(14)12-8-5-11-13(6-8)3-4-15-2/h5-7H,3-4H2,1-2H3,(H,12,14). The van der Waals surface area contributed by atoms with E-state index in [0.717, 1.165) is 0 Å². The molecule has 1 atom stereocenters. The highest BCUT2D eigenvalue weighted by molar-refractivity contribution is 9.10. The van der Waals surface area contributed by atoms with Crippen LogP contribution >= 0.6 is 15.9 Å². The fourth-order valence-corrected chi connectivity index (χ4v) is 1.09. The molecular weight excluding hydrogens is 262 g/mol. The van der Waals surface area contributed by atoms with Gasteiger partial charge < -0.3 is 10.1 Å². The molecule has 6 heteroatoms. The number of aromatic nitrogens is 2. The van der Waals surface area contributed by atoms with Gasteiger partial charge in [-0.25, -0.2) is 0 Å². The Morgan fingerprint density at radius 2 is 2.53 bits per heavy atom. The third-order valence-electron chi connectivity index (χ3n) is 1.79. The molecule has 0 fully saturated rings. The van der Waals surface area contributed by atoms with Crippen LogP contribution in [0.3, 0.4) is 0 Å². The van der Waals surface area contributed by atoms with Gasteiger partial charge in [-0.15, -0.1) is 0 Å². The van der Waals surface area contributed by atoms with E-state index < -0.39 is 0 Å². The van der Waals surface area contributed by atoms with E-state index in [9.17, 15) is 4.79 Å². The predicted octanol–water partition coefficient (Wildman–Crippen LogP) is 1.25. The summed E-state index contributed by atoms with van der Waals surface area (Å²) in [6, 6.07) is 0. The van der Waals surface area contributed by atoms with E-state index in [4.69, 9.17) is 4.74 Å². The molecule has 1 heterocycles. The maximum Gasteiger partial charge on any atom is 0.237 e. The number of hydrogen-bond donors (Lipinski definition) is 1. The summed E-state index contributed by atoms with van der Waals surface area (Å²) in [5.74, 6) is -0.0821. The number of nitrogens with one attached hydrogen (secondary N) is 1. The Morgan fingerprint density at radius 3 is 3.13 bits per heavy atom. The quantitative estimate of drug-likeness (QED) is 0.823. The summed E-state index contributed by atoms with van der Waals surface area (Å²) in [7, 11) is 1.64. The van der Waals surface area contributed by atoms with Crippen molar-refractivity contribution in [1.82, 2.24) is 9.78 Å². The molecule has 5 nitrogen and oxygen atoms in total. The van der Waals surface area contributed by atoms with Crippen LogP contribution in [0.1, 0.15) is 6.92 Å². The van der Waals surface area contributed by atoms with Crippen molar-refractivity contribution in [2.45, 2.75) is 18.3 Å². The lowest BCUT2D eigenvalue weighted by atomic mass is 10.4. The van der Waals surface area contributed by atoms with Gasteiger partial charge in [0.15, 0.2) is 0 Å². The Hall–Kier alpha value is -0.880. The highest BCUT2D eigenvalue weighted by Crippen LogP contribution is 2.07. The zero-order valence-corrected chi connectivity index (χ0v) is 10.3. The van der Waals surface area contributed by atoms with Crippen LogP contribution in [-0.4, -0.2) is 34.2 Å². The van der Waals surface area contributed by atoms with Crippen molar-refractivity contribution in [1.29, 1.82) is 0 Å². The number of amides is 1. The minimum Gasteiger partial charge on any atom is -0.383 e. The number of hydrogen-bond acceptors (Lipinski definition) is 3. The molecule has 0 aliphatic heterocycles. The van der Waals surface area contributed by atoms with Crippen molar-refractivity contribution in [3.8, 4) is 0 Å². The maximum absolute atomic E-state index is 11.3. The maximum atomic E-state index is 11.3. The Balaban J connectivity index is 2.49. The number of anilines is 1. The molecule has 1 aromatic rings. The molecule has 1 aromatic heterocycles. The molecular formula is C9H14BrN3O2. The van der Waals surface area contributed by atoms with Crippen molar-refractivity contribution >= 4 is 27.5 Å². The van der Waals surface area contributed by atoms with Gasteiger partial charge in [0.2, 0.25) is 5.91 Å². The van der Waals surface area contributed by atoms with Crippen LogP contribution in [0.2, 0.25) is 0 Å². The molecule has 0 aliphatic rings. The fourth-order valence-electron chi connectivity index (χ4n) is 0.977. The number of nitrogens with zero attached hydrogens (tertiary/aromatic N) is 2. The van der Waals surface area contributed by atoms with E-state index >= 15 is 0 Å². The van der Waals surface area contributed by atoms with Crippen LogP contribution < -0.4 is 5.32 Å². The second-order valence-electron chi connectivity index (χ2n) is 3.09. The average molecular weight is 276 g/mol. The second kappa shape index (κ2) is 5.87. The summed E-state index contributed by atoms with van der Waals surface area (Å²) < 4.78 is 6.64. The summed E-state index contributed by atoms with van der Waals surface area (Å²) >= 11 is 3.19. The minimum atomic E-state index is -0.208. The van der Waals surface area contributed by atoms with Crippen molar-refractivity contribution < 1.29 is 9.53 Å². The highest BCUT2D eigenvalue weighted by atomic mass is 79.9. The number of halogens is 1. The first-order valence-electron chi connectivity index (χ1n) is 4.60. The van der Waals surface area contributed by atoms with E-state index in [2.05, 4.69) is 26.3 Å². The van der Waals surface area contributed by atoms with Gasteiger partial charge in [-0.2, -0.15) is 5.10 Å². The van der Waals surface area contributed by atoms with Gasteiger partial charge in [0.25, 0.3) is 0 Å². The Bertz CT molecular complexity index is 325. The van der Waals surface area contributed by atoms with Crippen molar-refractivity contribution in [3.05, 3.63) is 12.4 Å². The number of rotatable bonds is 5. The molecule has 84 valence electrons. The summed E-state index contributed by atoms with van der Waals surface area (Å²) in [5, 5.41) is 6.80. The first-order valence-corrected chi connectivity index (χ1v) is 5.51. The molecule has 15 heavy (non-hydrogen) atoms. The SMILES string of the molecule is COCCn1cc(NC(=O)C(C)Br)cn1. The van der Waals surface area contributed by atoms with Crippen LogP contribution in [-0.2, 0) is 16.1 Å². The summed E-state index contributed by atoms with van der Waals surface area (Å²) in [6.07, 6.45) is 3.38. The average Bonchev–Trinajstić information content (AvgIpc) is 2.62. The Kier molecular flexibility index (Phi) is 4.77. The molecule has 0 aliphatic carbocycles. The number of carbonyl (C=O) groups is 1. The molecule has 0 bridgehead atoms. The zero-order chi connectivity index (χ0) is 11.3. The predicted molar refractivity (Wildman–Crippen MR) is 61.1 cm³/mol. The Labute approximate surface area is 96.9 Å². The largest absolute Gasteiger partial charge is 0.383 e. The zero-order valence-electron chi connectivity index (χ0n) is 8.74. The van der Waals surface area contributed by atoms with Gasteiger partial charge in [-0.05, 0) is 6.92 Å². The van der Waals surface area contributed by atoms with Crippen molar-refractivity contribution in [3.63, 3.8) is 0 Å². The lowest BCUT2D eigenvalue weighted by molar-refractivity contribution is -0.115. The van der Waals surface area contributed by atoms with E-state index in [1.54, 1.807) is 31.1 Å². The van der Waals surface area contributed by atoms with Crippen LogP contribution in [0.5, 0.6) is 0 Å². The molecule has 0 saturated heterocycles. The first kappa shape index (κ1) is 12.2. The molecule has 0 spiro atoms. The number of carbonyl (C=O) groups excluding carboxylic acids is 1. The third kappa shape index (κ3) is 4.01. The van der Waals surface area contributed by atoms with Gasteiger partial charge in [-0.3, -0.25) is 9.48 Å². The molecule has 1 rings (SSSR count). The lowest BCUT2D eigenvalue weighted by Gasteiger charge is -2.03. The minimum absolute atomic E-state index is 0.0821. The summed E-state index contributed by atoms with van der Waals surface area (Å²) in [4.78, 5) is 11.1. The highest BCUT2D eigenvalue weighted by Gasteiger charge is 2.09. The normalized spacial score (nSPS) is 12.5. The van der Waals surface area contributed by atoms with Crippen LogP contribution in [0.4, 0.5) is 5.69 Å². The van der Waals surface area contributed by atoms with Gasteiger partial charge >= 0.3 is 0 Å². The molecule has 0 radical (unpaired) electrons. The van der Waals surface area contributed by atoms with Crippen molar-refractivity contribution in [2.24, 2.45) is 0 Å². The monoisotopic (exact) mass is 275 g/mol. The van der Waals surface area contributed by atoms with Gasteiger partial charge in [0.05, 0.1) is 29.9 Å². The molecule has 0 saturated carbocycles. The first-order chi connectivity index (χ1) is 7.13. The molecule has 1 N–H and O–H groups in total. The van der Waals surface area contributed by atoms with Crippen LogP contribution in [0.25, 0.3) is 0 Å². The van der Waals surface area contributed by atoms with Crippen LogP contribution in [0.15, 0.2) is 12.4 Å². The number of methoxy groups -OCH3 is 1. The van der Waals surface area contributed by atoms with Gasteiger partial charge in [0.1, 0.15) is 0 Å². The molecule has 1 amide bonds. The third-order valence-corrected chi connectivity index (χ3v) is 2.20. The lowest BCUT2D eigenvalue weighted by Crippen LogP contribution is -2.19. The van der Waals surface area contributed by atoms with E-state index in [-0.39, 0.29) is 10.7 Å². The topological polar surface area (TPSA) is 56.1 Å². The Morgan fingerprint density at radius 1 is 1.80 bits per heavy atom. The van der Waals surface area contributed by atoms with Crippen molar-refractivity contribution in [2.75, 3.05) is 19.0 Å². The summed E-state index contributed by atoms with van der Waals surface area (Å²) in [5.41, 5.74) is 0.697. The molecule has 1 unspecified atom stereocenters.